The molecule has 2 aromatic rings. The molecule has 4 heteroatoms. The largest absolute Gasteiger partial charge is 0.486 e. The quantitative estimate of drug-likeness (QED) is 0.938. The Kier molecular flexibility index (Phi) is 3.74. The van der Waals surface area contributed by atoms with Crippen molar-refractivity contribution in [2.45, 2.75) is 25.9 Å². The van der Waals surface area contributed by atoms with Crippen LogP contribution in [0.25, 0.3) is 0 Å². The highest BCUT2D eigenvalue weighted by atomic mass is 16.6. The van der Waals surface area contributed by atoms with Crippen LogP contribution in [0.15, 0.2) is 42.5 Å². The molecule has 0 saturated carbocycles. The highest BCUT2D eigenvalue weighted by molar-refractivity contribution is 5.77. The number of hydrogen-bond acceptors (Lipinski definition) is 4. The van der Waals surface area contributed by atoms with Crippen molar-refractivity contribution in [3.63, 3.8) is 0 Å². The lowest BCUT2D eigenvalue weighted by molar-refractivity contribution is 0.171. The van der Waals surface area contributed by atoms with Crippen molar-refractivity contribution in [2.24, 2.45) is 0 Å². The van der Waals surface area contributed by atoms with Crippen molar-refractivity contribution in [1.29, 1.82) is 0 Å². The SMILES string of the molecule is CCC1CNc2cc3c(cc2N1Cc1ccccc1)OCCO3. The van der Waals surface area contributed by atoms with Gasteiger partial charge in [0.15, 0.2) is 11.5 Å². The van der Waals surface area contributed by atoms with Gasteiger partial charge in [0.2, 0.25) is 0 Å². The van der Waals surface area contributed by atoms with Gasteiger partial charge < -0.3 is 19.7 Å². The first-order chi connectivity index (χ1) is 11.3. The van der Waals surface area contributed by atoms with Gasteiger partial charge >= 0.3 is 0 Å². The standard InChI is InChI=1S/C19H22N2O2/c1-2-15-12-20-16-10-18-19(23-9-8-22-18)11-17(16)21(15)13-14-6-4-3-5-7-14/h3-7,10-11,15,20H,2,8-9,12-13H2,1H3. The number of ether oxygens (including phenoxy) is 2. The minimum absolute atomic E-state index is 0.477. The van der Waals surface area contributed by atoms with Crippen LogP contribution >= 0.6 is 0 Å². The summed E-state index contributed by atoms with van der Waals surface area (Å²) in [6.45, 7) is 5.35. The first-order valence-electron chi connectivity index (χ1n) is 8.33. The van der Waals surface area contributed by atoms with Crippen molar-refractivity contribution in [1.82, 2.24) is 0 Å². The number of benzene rings is 2. The second-order valence-electron chi connectivity index (χ2n) is 6.07. The van der Waals surface area contributed by atoms with Gasteiger partial charge in [0.05, 0.1) is 11.4 Å². The summed E-state index contributed by atoms with van der Waals surface area (Å²) < 4.78 is 11.5. The van der Waals surface area contributed by atoms with E-state index in [0.717, 1.165) is 36.7 Å². The van der Waals surface area contributed by atoms with E-state index < -0.39 is 0 Å². The third-order valence-corrected chi connectivity index (χ3v) is 4.61. The van der Waals surface area contributed by atoms with Crippen LogP contribution in [0.1, 0.15) is 18.9 Å². The summed E-state index contributed by atoms with van der Waals surface area (Å²) in [5, 5.41) is 3.55. The molecule has 4 nitrogen and oxygen atoms in total. The molecule has 23 heavy (non-hydrogen) atoms. The molecule has 0 aromatic heterocycles. The van der Waals surface area contributed by atoms with Gasteiger partial charge in [-0.3, -0.25) is 0 Å². The Hall–Kier alpha value is -2.36. The van der Waals surface area contributed by atoms with Crippen LogP contribution < -0.4 is 19.7 Å². The van der Waals surface area contributed by atoms with Gasteiger partial charge in [-0.05, 0) is 12.0 Å². The lowest BCUT2D eigenvalue weighted by Crippen LogP contribution is -2.43. The molecule has 1 unspecified atom stereocenters. The van der Waals surface area contributed by atoms with Crippen molar-refractivity contribution in [3.8, 4) is 11.5 Å². The average Bonchev–Trinajstić information content (AvgIpc) is 2.61. The van der Waals surface area contributed by atoms with Crippen LogP contribution in [-0.2, 0) is 6.54 Å². The Morgan fingerprint density at radius 2 is 1.83 bits per heavy atom. The highest BCUT2D eigenvalue weighted by Crippen LogP contribution is 2.43. The van der Waals surface area contributed by atoms with Gasteiger partial charge in [0.1, 0.15) is 13.2 Å². The average molecular weight is 310 g/mol. The summed E-state index contributed by atoms with van der Waals surface area (Å²) in [5.41, 5.74) is 3.67. The number of fused-ring (bicyclic) bond motifs is 2. The first kappa shape index (κ1) is 14.2. The number of nitrogens with zero attached hydrogens (tertiary/aromatic N) is 1. The zero-order chi connectivity index (χ0) is 15.6. The van der Waals surface area contributed by atoms with E-state index in [1.54, 1.807) is 0 Å². The maximum atomic E-state index is 5.78. The van der Waals surface area contributed by atoms with Crippen LogP contribution in [0.2, 0.25) is 0 Å². The van der Waals surface area contributed by atoms with Crippen LogP contribution in [0.3, 0.4) is 0 Å². The van der Waals surface area contributed by atoms with Gasteiger partial charge in [-0.2, -0.15) is 0 Å². The van der Waals surface area contributed by atoms with E-state index in [9.17, 15) is 0 Å². The predicted octanol–water partition coefficient (Wildman–Crippen LogP) is 3.67. The molecule has 120 valence electrons. The van der Waals surface area contributed by atoms with E-state index in [1.807, 2.05) is 0 Å². The summed E-state index contributed by atoms with van der Waals surface area (Å²) in [6.07, 6.45) is 1.10. The van der Waals surface area contributed by atoms with E-state index in [2.05, 4.69) is 59.6 Å². The summed E-state index contributed by atoms with van der Waals surface area (Å²) in [7, 11) is 0. The molecular weight excluding hydrogens is 288 g/mol. The molecule has 0 saturated heterocycles. The van der Waals surface area contributed by atoms with E-state index in [0.29, 0.717) is 19.3 Å². The molecule has 0 spiro atoms. The lowest BCUT2D eigenvalue weighted by atomic mass is 10.0. The zero-order valence-corrected chi connectivity index (χ0v) is 13.4. The highest BCUT2D eigenvalue weighted by Gasteiger charge is 2.27. The number of anilines is 2. The second kappa shape index (κ2) is 6.03. The lowest BCUT2D eigenvalue weighted by Gasteiger charge is -2.40. The Morgan fingerprint density at radius 3 is 2.57 bits per heavy atom. The topological polar surface area (TPSA) is 33.7 Å². The van der Waals surface area contributed by atoms with Crippen molar-refractivity contribution in [3.05, 3.63) is 48.0 Å². The molecule has 0 aliphatic carbocycles. The Bertz CT molecular complexity index is 687. The molecule has 1 atom stereocenters. The zero-order valence-electron chi connectivity index (χ0n) is 13.4. The minimum atomic E-state index is 0.477. The monoisotopic (exact) mass is 310 g/mol. The van der Waals surface area contributed by atoms with Gasteiger partial charge in [-0.1, -0.05) is 37.3 Å². The molecule has 0 bridgehead atoms. The normalized spacial score (nSPS) is 19.0. The summed E-state index contributed by atoms with van der Waals surface area (Å²) in [5.74, 6) is 1.70. The molecule has 1 N–H and O–H groups in total. The van der Waals surface area contributed by atoms with E-state index in [4.69, 9.17) is 9.47 Å². The fourth-order valence-corrected chi connectivity index (χ4v) is 3.35. The minimum Gasteiger partial charge on any atom is -0.486 e. The second-order valence-corrected chi connectivity index (χ2v) is 6.07. The Morgan fingerprint density at radius 1 is 1.09 bits per heavy atom. The summed E-state index contributed by atoms with van der Waals surface area (Å²) in [6, 6.07) is 15.3. The maximum absolute atomic E-state index is 5.78. The molecular formula is C19H22N2O2. The van der Waals surface area contributed by atoms with E-state index in [-0.39, 0.29) is 0 Å². The molecule has 0 radical (unpaired) electrons. The molecule has 2 aromatic carbocycles. The van der Waals surface area contributed by atoms with Crippen LogP contribution in [0.4, 0.5) is 11.4 Å². The van der Waals surface area contributed by atoms with Crippen molar-refractivity contribution < 1.29 is 9.47 Å². The predicted molar refractivity (Wildman–Crippen MR) is 92.6 cm³/mol. The molecule has 2 heterocycles. The van der Waals surface area contributed by atoms with Crippen LogP contribution in [0.5, 0.6) is 11.5 Å². The third kappa shape index (κ3) is 2.69. The number of rotatable bonds is 3. The fourth-order valence-electron chi connectivity index (χ4n) is 3.35. The van der Waals surface area contributed by atoms with E-state index >= 15 is 0 Å². The third-order valence-electron chi connectivity index (χ3n) is 4.61. The summed E-state index contributed by atoms with van der Waals surface area (Å²) in [4.78, 5) is 2.49. The van der Waals surface area contributed by atoms with Gasteiger partial charge in [0.25, 0.3) is 0 Å². The van der Waals surface area contributed by atoms with Gasteiger partial charge in [0, 0.05) is 31.3 Å². The molecule has 0 amide bonds. The maximum Gasteiger partial charge on any atom is 0.163 e. The fraction of sp³-hybridized carbons (Fsp3) is 0.368. The first-order valence-corrected chi connectivity index (χ1v) is 8.33. The van der Waals surface area contributed by atoms with Crippen molar-refractivity contribution in [2.75, 3.05) is 30.0 Å². The van der Waals surface area contributed by atoms with Gasteiger partial charge in [-0.25, -0.2) is 0 Å². The van der Waals surface area contributed by atoms with Crippen LogP contribution in [-0.4, -0.2) is 25.8 Å². The van der Waals surface area contributed by atoms with Crippen LogP contribution in [0, 0.1) is 0 Å². The Labute approximate surface area is 137 Å². The van der Waals surface area contributed by atoms with Crippen molar-refractivity contribution >= 4 is 11.4 Å². The smallest absolute Gasteiger partial charge is 0.163 e. The van der Waals surface area contributed by atoms with Gasteiger partial charge in [-0.15, -0.1) is 0 Å². The number of hydrogen-bond donors (Lipinski definition) is 1. The molecule has 2 aliphatic heterocycles. The van der Waals surface area contributed by atoms with E-state index in [1.165, 1.54) is 11.3 Å². The molecule has 4 rings (SSSR count). The summed E-state index contributed by atoms with van der Waals surface area (Å²) >= 11 is 0. The molecule has 0 fully saturated rings. The number of nitrogens with one attached hydrogen (secondary N) is 1. The molecule has 2 aliphatic rings. The Balaban J connectivity index is 1.72.